The number of thiol groups is 1. The van der Waals surface area contributed by atoms with Gasteiger partial charge in [-0.3, -0.25) is 4.79 Å². The molecule has 1 saturated heterocycles. The molecule has 0 bridgehead atoms. The Morgan fingerprint density at radius 2 is 1.94 bits per heavy atom. The molecule has 3 heteroatoms. The highest BCUT2D eigenvalue weighted by atomic mass is 32.1. The van der Waals surface area contributed by atoms with Crippen molar-refractivity contribution in [1.82, 2.24) is 4.90 Å². The molecule has 1 heterocycles. The summed E-state index contributed by atoms with van der Waals surface area (Å²) >= 11 is 4.35. The third kappa shape index (κ3) is 3.25. The van der Waals surface area contributed by atoms with Crippen LogP contribution in [0.15, 0.2) is 24.3 Å². The molecule has 1 aromatic rings. The van der Waals surface area contributed by atoms with Crippen molar-refractivity contribution in [3.8, 4) is 0 Å². The predicted octanol–water partition coefficient (Wildman–Crippen LogP) is 2.32. The zero-order chi connectivity index (χ0) is 12.3. The molecule has 1 unspecified atom stereocenters. The molecule has 1 aliphatic heterocycles. The van der Waals surface area contributed by atoms with Crippen LogP contribution in [0.3, 0.4) is 0 Å². The van der Waals surface area contributed by atoms with Crippen LogP contribution in [0.5, 0.6) is 0 Å². The van der Waals surface area contributed by atoms with E-state index < -0.39 is 0 Å². The molecule has 1 aliphatic rings. The van der Waals surface area contributed by atoms with Crippen LogP contribution < -0.4 is 0 Å². The van der Waals surface area contributed by atoms with Gasteiger partial charge in [-0.15, -0.1) is 0 Å². The fourth-order valence-electron chi connectivity index (χ4n) is 2.17. The molecule has 17 heavy (non-hydrogen) atoms. The van der Waals surface area contributed by atoms with E-state index in [1.807, 2.05) is 4.90 Å². The van der Waals surface area contributed by atoms with E-state index in [1.54, 1.807) is 0 Å². The number of carbonyl (C=O) groups excluding carboxylic acids is 1. The summed E-state index contributed by atoms with van der Waals surface area (Å²) in [5.74, 6) is 0.246. The maximum Gasteiger partial charge on any atom is 0.223 e. The highest BCUT2D eigenvalue weighted by Crippen LogP contribution is 2.16. The average molecular weight is 249 g/mol. The summed E-state index contributed by atoms with van der Waals surface area (Å²) in [5.41, 5.74) is 2.67. The lowest BCUT2D eigenvalue weighted by Gasteiger charge is -2.15. The number of amides is 1. The first-order valence-corrected chi connectivity index (χ1v) is 6.74. The molecule has 1 aromatic carbocycles. The first-order chi connectivity index (χ1) is 8.19. The second kappa shape index (κ2) is 5.58. The summed E-state index contributed by atoms with van der Waals surface area (Å²) in [6, 6.07) is 8.67. The highest BCUT2D eigenvalue weighted by Gasteiger charge is 2.26. The minimum atomic E-state index is 0.227. The third-order valence-corrected chi connectivity index (χ3v) is 3.64. The van der Waals surface area contributed by atoms with Crippen LogP contribution in [-0.4, -0.2) is 29.1 Å². The number of aryl methyl sites for hydroxylation is 1. The van der Waals surface area contributed by atoms with Crippen molar-refractivity contribution in [2.75, 3.05) is 13.1 Å². The van der Waals surface area contributed by atoms with Gasteiger partial charge in [-0.1, -0.05) is 31.2 Å². The van der Waals surface area contributed by atoms with Crippen molar-refractivity contribution in [2.24, 2.45) is 0 Å². The molecular formula is C14H19NOS. The predicted molar refractivity (Wildman–Crippen MR) is 73.5 cm³/mol. The quantitative estimate of drug-likeness (QED) is 0.812. The van der Waals surface area contributed by atoms with E-state index in [4.69, 9.17) is 0 Å². The molecule has 0 spiro atoms. The molecule has 0 aliphatic carbocycles. The Kier molecular flexibility index (Phi) is 4.11. The van der Waals surface area contributed by atoms with Gasteiger partial charge < -0.3 is 4.90 Å². The topological polar surface area (TPSA) is 20.3 Å². The monoisotopic (exact) mass is 249 g/mol. The molecule has 2 nitrogen and oxygen atoms in total. The van der Waals surface area contributed by atoms with E-state index >= 15 is 0 Å². The van der Waals surface area contributed by atoms with Gasteiger partial charge in [0.1, 0.15) is 0 Å². The summed E-state index contributed by atoms with van der Waals surface area (Å²) in [7, 11) is 0. The third-order valence-electron chi connectivity index (χ3n) is 3.30. The Bertz CT molecular complexity index is 388. The number of benzene rings is 1. The molecule has 0 N–H and O–H groups in total. The van der Waals surface area contributed by atoms with Crippen molar-refractivity contribution < 1.29 is 4.79 Å². The number of carbonyl (C=O) groups is 1. The van der Waals surface area contributed by atoms with Crippen LogP contribution in [0.1, 0.15) is 24.5 Å². The van der Waals surface area contributed by atoms with Gasteiger partial charge in [-0.05, 0) is 24.0 Å². The van der Waals surface area contributed by atoms with Crippen molar-refractivity contribution in [3.63, 3.8) is 0 Å². The number of hydrogen-bond donors (Lipinski definition) is 1. The highest BCUT2D eigenvalue weighted by molar-refractivity contribution is 7.81. The van der Waals surface area contributed by atoms with Crippen molar-refractivity contribution in [1.29, 1.82) is 0 Å². The van der Waals surface area contributed by atoms with Gasteiger partial charge in [0.15, 0.2) is 0 Å². The van der Waals surface area contributed by atoms with Crippen LogP contribution in [0.2, 0.25) is 0 Å². The van der Waals surface area contributed by atoms with Gasteiger partial charge in [0.25, 0.3) is 0 Å². The van der Waals surface area contributed by atoms with Crippen molar-refractivity contribution >= 4 is 18.5 Å². The molecule has 1 atom stereocenters. The summed E-state index contributed by atoms with van der Waals surface area (Å²) in [6.45, 7) is 3.78. The largest absolute Gasteiger partial charge is 0.341 e. The Morgan fingerprint density at radius 1 is 1.29 bits per heavy atom. The Hall–Kier alpha value is -0.960. The molecular weight excluding hydrogens is 230 g/mol. The Labute approximate surface area is 108 Å². The first kappa shape index (κ1) is 12.5. The van der Waals surface area contributed by atoms with Crippen molar-refractivity contribution in [2.45, 2.75) is 31.4 Å². The Morgan fingerprint density at radius 3 is 2.47 bits per heavy atom. The van der Waals surface area contributed by atoms with Gasteiger partial charge in [0, 0.05) is 24.8 Å². The van der Waals surface area contributed by atoms with E-state index in [9.17, 15) is 4.79 Å². The first-order valence-electron chi connectivity index (χ1n) is 6.22. The molecule has 1 fully saturated rings. The molecule has 1 amide bonds. The SMILES string of the molecule is CCc1ccc(CCN2CC(S)CC2=O)cc1. The van der Waals surface area contributed by atoms with Crippen LogP contribution in [0, 0.1) is 0 Å². The van der Waals surface area contributed by atoms with Gasteiger partial charge in [0.2, 0.25) is 5.91 Å². The summed E-state index contributed by atoms with van der Waals surface area (Å²) < 4.78 is 0. The zero-order valence-corrected chi connectivity index (χ0v) is 11.1. The second-order valence-corrected chi connectivity index (χ2v) is 5.35. The van der Waals surface area contributed by atoms with Gasteiger partial charge in [0.05, 0.1) is 0 Å². The number of nitrogens with zero attached hydrogens (tertiary/aromatic N) is 1. The van der Waals surface area contributed by atoms with E-state index in [-0.39, 0.29) is 11.2 Å². The standard InChI is InChI=1S/C14H19NOS/c1-2-11-3-5-12(6-4-11)7-8-15-10-13(17)9-14(15)16/h3-6,13,17H,2,7-10H2,1H3. The number of hydrogen-bond acceptors (Lipinski definition) is 2. The fourth-order valence-corrected chi connectivity index (χ4v) is 2.53. The lowest BCUT2D eigenvalue weighted by molar-refractivity contribution is -0.127. The maximum atomic E-state index is 11.6. The maximum absolute atomic E-state index is 11.6. The average Bonchev–Trinajstić information content (AvgIpc) is 2.66. The van der Waals surface area contributed by atoms with Crippen LogP contribution in [0.25, 0.3) is 0 Å². The molecule has 92 valence electrons. The van der Waals surface area contributed by atoms with E-state index in [1.165, 1.54) is 11.1 Å². The lowest BCUT2D eigenvalue weighted by Crippen LogP contribution is -2.27. The van der Waals surface area contributed by atoms with Gasteiger partial charge >= 0.3 is 0 Å². The molecule has 2 rings (SSSR count). The number of rotatable bonds is 4. The number of likely N-dealkylation sites (tertiary alicyclic amines) is 1. The normalized spacial score (nSPS) is 20.0. The van der Waals surface area contributed by atoms with Crippen LogP contribution in [-0.2, 0) is 17.6 Å². The smallest absolute Gasteiger partial charge is 0.223 e. The van der Waals surface area contributed by atoms with Crippen LogP contribution >= 0.6 is 12.6 Å². The van der Waals surface area contributed by atoms with Crippen molar-refractivity contribution in [3.05, 3.63) is 35.4 Å². The minimum absolute atomic E-state index is 0.227. The Balaban J connectivity index is 1.87. The van der Waals surface area contributed by atoms with E-state index in [2.05, 4.69) is 43.8 Å². The second-order valence-electron chi connectivity index (χ2n) is 4.62. The van der Waals surface area contributed by atoms with E-state index in [0.717, 1.165) is 25.9 Å². The summed E-state index contributed by atoms with van der Waals surface area (Å²) in [4.78, 5) is 13.5. The van der Waals surface area contributed by atoms with Gasteiger partial charge in [-0.2, -0.15) is 12.6 Å². The molecule has 0 aromatic heterocycles. The van der Waals surface area contributed by atoms with Crippen LogP contribution in [0.4, 0.5) is 0 Å². The zero-order valence-electron chi connectivity index (χ0n) is 10.2. The van der Waals surface area contributed by atoms with E-state index in [0.29, 0.717) is 6.42 Å². The van der Waals surface area contributed by atoms with Gasteiger partial charge in [-0.25, -0.2) is 0 Å². The molecule has 0 saturated carbocycles. The summed E-state index contributed by atoms with van der Waals surface area (Å²) in [5, 5.41) is 0.227. The molecule has 0 radical (unpaired) electrons. The fraction of sp³-hybridized carbons (Fsp3) is 0.500. The lowest BCUT2D eigenvalue weighted by atomic mass is 10.1. The minimum Gasteiger partial charge on any atom is -0.341 e. The summed E-state index contributed by atoms with van der Waals surface area (Å²) in [6.07, 6.45) is 2.61.